The number of amides is 1. The number of carbonyl (C=O) groups excluding carboxylic acids is 1. The first-order valence-corrected chi connectivity index (χ1v) is 5.05. The standard InChI is InChI=1S/C10H17NO4/c1-10(9(13)14)5-3-6-11(10)8(12)4-7-15-2/h3-7H2,1-2H3,(H,13,14). The summed E-state index contributed by atoms with van der Waals surface area (Å²) in [6.45, 7) is 2.48. The molecule has 5 nitrogen and oxygen atoms in total. The number of aliphatic carboxylic acids is 1. The third kappa shape index (κ3) is 2.28. The summed E-state index contributed by atoms with van der Waals surface area (Å²) < 4.78 is 4.81. The molecule has 0 spiro atoms. The van der Waals surface area contributed by atoms with Crippen LogP contribution in [0.2, 0.25) is 0 Å². The molecule has 0 aromatic heterocycles. The summed E-state index contributed by atoms with van der Waals surface area (Å²) in [6.07, 6.45) is 1.53. The van der Waals surface area contributed by atoms with E-state index in [-0.39, 0.29) is 12.3 Å². The lowest BCUT2D eigenvalue weighted by atomic mass is 9.99. The largest absolute Gasteiger partial charge is 0.480 e. The Morgan fingerprint density at radius 3 is 2.73 bits per heavy atom. The first-order chi connectivity index (χ1) is 7.02. The molecule has 0 saturated carbocycles. The van der Waals surface area contributed by atoms with Crippen molar-refractivity contribution in [2.75, 3.05) is 20.3 Å². The topological polar surface area (TPSA) is 66.8 Å². The normalized spacial score (nSPS) is 25.6. The van der Waals surface area contributed by atoms with Crippen molar-refractivity contribution in [3.8, 4) is 0 Å². The maximum absolute atomic E-state index is 11.7. The van der Waals surface area contributed by atoms with Gasteiger partial charge in [0.1, 0.15) is 5.54 Å². The Morgan fingerprint density at radius 2 is 2.20 bits per heavy atom. The molecule has 0 radical (unpaired) electrons. The second kappa shape index (κ2) is 4.61. The SMILES string of the molecule is COCCC(=O)N1CCCC1(C)C(=O)O. The van der Waals surface area contributed by atoms with Gasteiger partial charge in [0.05, 0.1) is 13.0 Å². The molecule has 1 heterocycles. The van der Waals surface area contributed by atoms with Crippen LogP contribution in [0.15, 0.2) is 0 Å². The maximum atomic E-state index is 11.7. The summed E-state index contributed by atoms with van der Waals surface area (Å²) in [5.41, 5.74) is -1.02. The van der Waals surface area contributed by atoms with Crippen molar-refractivity contribution in [1.29, 1.82) is 0 Å². The lowest BCUT2D eigenvalue weighted by molar-refractivity contribution is -0.155. The molecule has 1 unspecified atom stereocenters. The number of hydrogen-bond donors (Lipinski definition) is 1. The van der Waals surface area contributed by atoms with Gasteiger partial charge in [0.15, 0.2) is 0 Å². The predicted molar refractivity (Wildman–Crippen MR) is 53.5 cm³/mol. The summed E-state index contributed by atoms with van der Waals surface area (Å²) in [4.78, 5) is 24.2. The van der Waals surface area contributed by atoms with Crippen molar-refractivity contribution in [2.24, 2.45) is 0 Å². The van der Waals surface area contributed by atoms with Gasteiger partial charge < -0.3 is 14.7 Å². The van der Waals surface area contributed by atoms with Crippen molar-refractivity contribution in [1.82, 2.24) is 4.90 Å². The molecule has 1 aliphatic heterocycles. The van der Waals surface area contributed by atoms with E-state index in [9.17, 15) is 9.59 Å². The van der Waals surface area contributed by atoms with Crippen LogP contribution in [0.5, 0.6) is 0 Å². The van der Waals surface area contributed by atoms with E-state index in [4.69, 9.17) is 9.84 Å². The van der Waals surface area contributed by atoms with Gasteiger partial charge in [0, 0.05) is 13.7 Å². The smallest absolute Gasteiger partial charge is 0.329 e. The van der Waals surface area contributed by atoms with Crippen LogP contribution in [-0.4, -0.2) is 47.7 Å². The van der Waals surface area contributed by atoms with Gasteiger partial charge in [-0.3, -0.25) is 4.79 Å². The van der Waals surface area contributed by atoms with Crippen molar-refractivity contribution < 1.29 is 19.4 Å². The number of likely N-dealkylation sites (tertiary alicyclic amines) is 1. The molecule has 1 rings (SSSR count). The van der Waals surface area contributed by atoms with Gasteiger partial charge in [-0.15, -0.1) is 0 Å². The molecule has 1 atom stereocenters. The minimum Gasteiger partial charge on any atom is -0.480 e. The lowest BCUT2D eigenvalue weighted by Crippen LogP contribution is -2.50. The summed E-state index contributed by atoms with van der Waals surface area (Å²) in [5, 5.41) is 9.09. The van der Waals surface area contributed by atoms with Crippen LogP contribution in [0, 0.1) is 0 Å². The molecule has 86 valence electrons. The molecular weight excluding hydrogens is 198 g/mol. The number of nitrogens with zero attached hydrogens (tertiary/aromatic N) is 1. The van der Waals surface area contributed by atoms with E-state index in [0.717, 1.165) is 6.42 Å². The highest BCUT2D eigenvalue weighted by molar-refractivity contribution is 5.87. The fourth-order valence-electron chi connectivity index (χ4n) is 1.91. The molecule has 1 amide bonds. The van der Waals surface area contributed by atoms with E-state index in [1.54, 1.807) is 6.92 Å². The molecule has 1 aliphatic rings. The number of methoxy groups -OCH3 is 1. The van der Waals surface area contributed by atoms with E-state index in [2.05, 4.69) is 0 Å². The zero-order chi connectivity index (χ0) is 11.5. The average Bonchev–Trinajstić information content (AvgIpc) is 2.58. The monoisotopic (exact) mass is 215 g/mol. The maximum Gasteiger partial charge on any atom is 0.329 e. The average molecular weight is 215 g/mol. The van der Waals surface area contributed by atoms with E-state index in [1.807, 2.05) is 0 Å². The summed E-state index contributed by atoms with van der Waals surface area (Å²) >= 11 is 0. The first kappa shape index (κ1) is 12.0. The zero-order valence-corrected chi connectivity index (χ0v) is 9.15. The van der Waals surface area contributed by atoms with E-state index in [0.29, 0.717) is 19.6 Å². The van der Waals surface area contributed by atoms with Crippen molar-refractivity contribution in [3.63, 3.8) is 0 Å². The third-order valence-corrected chi connectivity index (χ3v) is 2.92. The molecule has 15 heavy (non-hydrogen) atoms. The highest BCUT2D eigenvalue weighted by Crippen LogP contribution is 2.29. The van der Waals surface area contributed by atoms with Gasteiger partial charge in [-0.25, -0.2) is 4.79 Å². The predicted octanol–water partition coefficient (Wildman–Crippen LogP) is 0.489. The van der Waals surface area contributed by atoms with Crippen LogP contribution < -0.4 is 0 Å². The Labute approximate surface area is 89.0 Å². The molecule has 0 aliphatic carbocycles. The summed E-state index contributed by atoms with van der Waals surface area (Å²) in [7, 11) is 1.52. The number of carbonyl (C=O) groups is 2. The molecular formula is C10H17NO4. The van der Waals surface area contributed by atoms with Crippen LogP contribution in [0.3, 0.4) is 0 Å². The van der Waals surface area contributed by atoms with Gasteiger partial charge in [-0.05, 0) is 19.8 Å². The Balaban J connectivity index is 2.68. The number of carboxylic acid groups (broad SMARTS) is 1. The second-order valence-corrected chi connectivity index (χ2v) is 3.97. The van der Waals surface area contributed by atoms with Crippen molar-refractivity contribution in [2.45, 2.75) is 31.7 Å². The highest BCUT2D eigenvalue weighted by Gasteiger charge is 2.45. The number of ether oxygens (including phenoxy) is 1. The van der Waals surface area contributed by atoms with E-state index in [1.165, 1.54) is 12.0 Å². The summed E-state index contributed by atoms with van der Waals surface area (Å²) in [6, 6.07) is 0. The van der Waals surface area contributed by atoms with Crippen LogP contribution in [0.1, 0.15) is 26.2 Å². The van der Waals surface area contributed by atoms with Gasteiger partial charge in [0.2, 0.25) is 5.91 Å². The van der Waals surface area contributed by atoms with Crippen LogP contribution in [0.4, 0.5) is 0 Å². The molecule has 0 aromatic rings. The Kier molecular flexibility index (Phi) is 3.68. The summed E-state index contributed by atoms with van der Waals surface area (Å²) in [5.74, 6) is -1.06. The van der Waals surface area contributed by atoms with Crippen LogP contribution >= 0.6 is 0 Å². The molecule has 1 fully saturated rings. The number of rotatable bonds is 4. The minimum absolute atomic E-state index is 0.140. The van der Waals surface area contributed by atoms with E-state index >= 15 is 0 Å². The number of hydrogen-bond acceptors (Lipinski definition) is 3. The van der Waals surface area contributed by atoms with Crippen LogP contribution in [0.25, 0.3) is 0 Å². The van der Waals surface area contributed by atoms with Crippen LogP contribution in [-0.2, 0) is 14.3 Å². The van der Waals surface area contributed by atoms with Crippen molar-refractivity contribution >= 4 is 11.9 Å². The fourth-order valence-corrected chi connectivity index (χ4v) is 1.91. The Bertz CT molecular complexity index is 266. The molecule has 0 bridgehead atoms. The molecule has 1 saturated heterocycles. The molecule has 1 N–H and O–H groups in total. The van der Waals surface area contributed by atoms with Gasteiger partial charge in [-0.2, -0.15) is 0 Å². The lowest BCUT2D eigenvalue weighted by Gasteiger charge is -2.31. The molecule has 5 heteroatoms. The quantitative estimate of drug-likeness (QED) is 0.741. The van der Waals surface area contributed by atoms with E-state index < -0.39 is 11.5 Å². The number of carboxylic acids is 1. The first-order valence-electron chi connectivity index (χ1n) is 5.05. The van der Waals surface area contributed by atoms with Gasteiger partial charge in [0.25, 0.3) is 0 Å². The van der Waals surface area contributed by atoms with Crippen molar-refractivity contribution in [3.05, 3.63) is 0 Å². The fraction of sp³-hybridized carbons (Fsp3) is 0.800. The zero-order valence-electron chi connectivity index (χ0n) is 9.15. The second-order valence-electron chi connectivity index (χ2n) is 3.97. The third-order valence-electron chi connectivity index (χ3n) is 2.92. The van der Waals surface area contributed by atoms with Gasteiger partial charge >= 0.3 is 5.97 Å². The van der Waals surface area contributed by atoms with Gasteiger partial charge in [-0.1, -0.05) is 0 Å². The minimum atomic E-state index is -1.02. The highest BCUT2D eigenvalue weighted by atomic mass is 16.5. The Morgan fingerprint density at radius 1 is 1.53 bits per heavy atom. The Hall–Kier alpha value is -1.10. The molecule has 0 aromatic carbocycles.